The van der Waals surface area contributed by atoms with Gasteiger partial charge in [-0.25, -0.2) is 8.42 Å². The van der Waals surface area contributed by atoms with E-state index in [0.29, 0.717) is 132 Å². The van der Waals surface area contributed by atoms with Gasteiger partial charge in [0.2, 0.25) is 0 Å². The number of methoxy groups -OCH3 is 4. The molecule has 27 nitrogen and oxygen atoms in total. The van der Waals surface area contributed by atoms with E-state index in [9.17, 15) is 31.8 Å². The highest BCUT2D eigenvalue weighted by molar-refractivity contribution is 7.90. The highest BCUT2D eigenvalue weighted by atomic mass is 35.5. The number of likely N-dealkylation sites (tertiary alicyclic amines) is 4. The molecule has 8 aliphatic rings. The van der Waals surface area contributed by atoms with Crippen molar-refractivity contribution in [2.75, 3.05) is 93.7 Å². The molecule has 20 rings (SSSR count). The van der Waals surface area contributed by atoms with Gasteiger partial charge < -0.3 is 66.8 Å². The molecule has 4 aromatic heterocycles. The first-order valence-electron chi connectivity index (χ1n) is 44.7. The average molecular weight is 1850 g/mol. The van der Waals surface area contributed by atoms with Crippen LogP contribution in [0.4, 0.5) is 0 Å². The number of benzene rings is 8. The summed E-state index contributed by atoms with van der Waals surface area (Å²) in [6.45, 7) is 13.3. The number of piperidine rings is 4. The number of hydrogen-bond acceptors (Lipinski definition) is 19. The van der Waals surface area contributed by atoms with Gasteiger partial charge in [0.25, 0.3) is 23.6 Å². The molecular weight excluding hydrogens is 1730 g/mol. The van der Waals surface area contributed by atoms with Crippen LogP contribution in [0.15, 0.2) is 217 Å². The molecule has 8 aromatic carbocycles. The quantitative estimate of drug-likeness (QED) is 0.0869. The molecule has 12 aromatic rings. The van der Waals surface area contributed by atoms with Crippen molar-refractivity contribution in [3.63, 3.8) is 0 Å². The maximum atomic E-state index is 13.4. The lowest BCUT2D eigenvalue weighted by molar-refractivity contribution is -0.00954. The second-order valence-corrected chi connectivity index (χ2v) is 39.4. The molecule has 1 unspecified atom stereocenters. The summed E-state index contributed by atoms with van der Waals surface area (Å²) >= 11 is 5.99. The molecule has 0 aliphatic carbocycles. The Bertz CT molecular complexity index is 6490. The standard InChI is InChI=1S/C27H31N3O5.C27H30N2O4.C25H27N3O3S.C23H22ClN3O4S/c1-18(32-3)17-34-23-10-9-19(15-24(23)33-4)26(31)30-13-11-27(12-14-30)21-16-28-29(2)25(21)20-7-5-6-8-22(20)35-27;1-4-20-8-9-21(17-23(20)32-3)26(30)28-14-11-27(12-15-28)25-6-5-13-29(25)22-10-7-19(18-31-2)16-24(22)33-27;1-17(2)32(30)19-10-8-18(9-11-19)24(29)28-14-12-25(13-15-28)21-16-26-27(3)23(21)20-6-4-5-7-22(20)31-25;1-26-21-16-5-3-4-6-19(16)31-23(18(21)14-25-26)9-11-27(12-10-23)22(28)17-8-7-15(24)13-20(17)32(2,29)30/h5-10,15-16,18H,11-14,17H2,1-4H3;5-10,13,16-17H,4,11-12,14-15,18H2,1-3H3;4-11,16-17H,12-15H2,1-3H3;3-8,13-14H,9-12H2,1-2H3/t18-;;;/m1.../s1. The van der Waals surface area contributed by atoms with E-state index in [1.165, 1.54) is 18.2 Å². The molecule has 4 amide bonds. The number of hydrogen-bond donors (Lipinski definition) is 0. The normalized spacial score (nSPS) is 16.8. The fourth-order valence-electron chi connectivity index (χ4n) is 19.5. The Morgan fingerprint density at radius 1 is 0.485 bits per heavy atom. The topological polar surface area (TPSA) is 274 Å². The summed E-state index contributed by atoms with van der Waals surface area (Å²) in [6, 6.07) is 57.1. The van der Waals surface area contributed by atoms with Gasteiger partial charge >= 0.3 is 0 Å². The third-order valence-electron chi connectivity index (χ3n) is 26.7. The van der Waals surface area contributed by atoms with E-state index in [1.54, 1.807) is 75.8 Å². The third-order valence-corrected chi connectivity index (χ3v) is 29.7. The van der Waals surface area contributed by atoms with Crippen LogP contribution in [-0.2, 0) is 86.7 Å². The van der Waals surface area contributed by atoms with Gasteiger partial charge in [0.15, 0.2) is 26.9 Å². The summed E-state index contributed by atoms with van der Waals surface area (Å²) in [7, 11) is 7.75. The number of rotatable bonds is 16. The van der Waals surface area contributed by atoms with Crippen LogP contribution in [0.5, 0.6) is 40.2 Å². The highest BCUT2D eigenvalue weighted by Crippen LogP contribution is 2.54. The van der Waals surface area contributed by atoms with Crippen LogP contribution in [0.1, 0.15) is 154 Å². The van der Waals surface area contributed by atoms with Crippen LogP contribution < -0.4 is 33.2 Å². The second-order valence-electron chi connectivity index (χ2n) is 35.0. The van der Waals surface area contributed by atoms with E-state index >= 15 is 0 Å². The van der Waals surface area contributed by atoms with Crippen molar-refractivity contribution >= 4 is 55.9 Å². The summed E-state index contributed by atoms with van der Waals surface area (Å²) in [5, 5.41) is 13.8. The highest BCUT2D eigenvalue weighted by Gasteiger charge is 2.51. The van der Waals surface area contributed by atoms with Crippen LogP contribution >= 0.6 is 11.6 Å². The summed E-state index contributed by atoms with van der Waals surface area (Å²) in [5.41, 5.74) is 14.0. The number of ether oxygens (including phenoxy) is 9. The molecule has 4 fully saturated rings. The molecule has 0 radical (unpaired) electrons. The number of aryl methyl sites for hydroxylation is 4. The van der Waals surface area contributed by atoms with E-state index in [-0.39, 0.29) is 50.5 Å². The maximum Gasteiger partial charge on any atom is 0.255 e. The second kappa shape index (κ2) is 37.6. The number of para-hydroxylation sites is 3. The van der Waals surface area contributed by atoms with E-state index in [0.717, 1.165) is 132 Å². The Balaban J connectivity index is 0.000000123. The molecule has 0 N–H and O–H groups in total. The number of halogens is 1. The van der Waals surface area contributed by atoms with Crippen molar-refractivity contribution in [2.24, 2.45) is 21.1 Å². The minimum atomic E-state index is -3.60. The molecular formula is C102H110ClN11O16S2. The fourth-order valence-corrected chi connectivity index (χ4v) is 21.5. The Morgan fingerprint density at radius 2 is 0.924 bits per heavy atom. The van der Waals surface area contributed by atoms with E-state index in [2.05, 4.69) is 75.4 Å². The largest absolute Gasteiger partial charge is 0.496 e. The molecule has 8 aliphatic heterocycles. The summed E-state index contributed by atoms with van der Waals surface area (Å²) in [4.78, 5) is 61.1. The number of carbonyl (C=O) groups is 4. The molecule has 4 spiro atoms. The Kier molecular flexibility index (Phi) is 26.0. The van der Waals surface area contributed by atoms with Gasteiger partial charge in [-0.05, 0) is 158 Å². The Hall–Kier alpha value is -12.5. The van der Waals surface area contributed by atoms with Crippen LogP contribution in [0, 0.1) is 0 Å². The van der Waals surface area contributed by atoms with Crippen LogP contribution in [0.3, 0.4) is 0 Å². The molecule has 132 heavy (non-hydrogen) atoms. The smallest absolute Gasteiger partial charge is 0.255 e. The lowest BCUT2D eigenvalue weighted by atomic mass is 9.81. The third kappa shape index (κ3) is 17.5. The van der Waals surface area contributed by atoms with Crippen molar-refractivity contribution in [1.82, 2.24) is 53.5 Å². The van der Waals surface area contributed by atoms with Gasteiger partial charge in [-0.1, -0.05) is 80.9 Å². The van der Waals surface area contributed by atoms with Gasteiger partial charge in [-0.3, -0.25) is 37.4 Å². The predicted octanol–water partition coefficient (Wildman–Crippen LogP) is 16.5. The SMILES string of the molecule is CC(C)S(=O)c1ccc(C(=O)N2CCC3(CC2)Oc2ccccc2-c2c3cnn2C)cc1.CCc1ccc(C(=O)N2CCC3(CC2)Oc2cc(COC)ccc2-n2cccc23)cc1OC.COc1cc(C(=O)N2CCC3(CC2)Oc2ccccc2-c2c3cnn2C)ccc1OC[C@@H](C)OC.Cn1ncc2c1-c1ccccc1OC21CCN(C(=O)c2ccc(Cl)cc2S(C)(=O)=O)CC1. The minimum Gasteiger partial charge on any atom is -0.496 e. The number of aromatic nitrogens is 7. The summed E-state index contributed by atoms with van der Waals surface area (Å²) in [6.07, 6.45) is 15.1. The van der Waals surface area contributed by atoms with E-state index in [1.807, 2.05) is 168 Å². The van der Waals surface area contributed by atoms with Crippen molar-refractivity contribution in [3.8, 4) is 79.7 Å². The number of amides is 4. The molecule has 0 bridgehead atoms. The minimum absolute atomic E-state index is 0.00403. The van der Waals surface area contributed by atoms with Gasteiger partial charge in [-0.15, -0.1) is 0 Å². The first-order chi connectivity index (χ1) is 63.6. The van der Waals surface area contributed by atoms with Gasteiger partial charge in [0.1, 0.15) is 52.2 Å². The summed E-state index contributed by atoms with van der Waals surface area (Å²) < 4.78 is 98.4. The number of nitrogens with zero attached hydrogens (tertiary/aromatic N) is 11. The fraction of sp³-hybridized carbons (Fsp3) is 0.363. The van der Waals surface area contributed by atoms with Crippen molar-refractivity contribution in [2.45, 2.75) is 136 Å². The van der Waals surface area contributed by atoms with E-state index in [4.69, 9.17) is 54.2 Å². The molecule has 2 atom stereocenters. The van der Waals surface area contributed by atoms with Crippen LogP contribution in [0.2, 0.25) is 5.02 Å². The zero-order valence-electron chi connectivity index (χ0n) is 76.4. The van der Waals surface area contributed by atoms with Crippen LogP contribution in [0.25, 0.3) is 39.5 Å². The molecule has 0 saturated carbocycles. The zero-order valence-corrected chi connectivity index (χ0v) is 78.8. The molecule has 12 heterocycles. The number of carbonyl (C=O) groups excluding carboxylic acids is 4. The van der Waals surface area contributed by atoms with Gasteiger partial charge in [0, 0.05) is 217 Å². The Morgan fingerprint density at radius 3 is 1.38 bits per heavy atom. The maximum absolute atomic E-state index is 13.4. The zero-order chi connectivity index (χ0) is 92.7. The Labute approximate surface area is 776 Å². The van der Waals surface area contributed by atoms with Crippen molar-refractivity contribution in [3.05, 3.63) is 268 Å². The molecule has 4 saturated heterocycles. The first kappa shape index (κ1) is 91.4. The van der Waals surface area contributed by atoms with Crippen LogP contribution in [-0.4, -0.2) is 195 Å². The molecule has 688 valence electrons. The van der Waals surface area contributed by atoms with E-state index < -0.39 is 43.0 Å². The first-order valence-corrected chi connectivity index (χ1v) is 48.2. The lowest BCUT2D eigenvalue weighted by Crippen LogP contribution is -2.50. The van der Waals surface area contributed by atoms with Crippen molar-refractivity contribution < 1.29 is 74.4 Å². The monoisotopic (exact) mass is 1840 g/mol. The van der Waals surface area contributed by atoms with Crippen molar-refractivity contribution in [1.29, 1.82) is 0 Å². The summed E-state index contributed by atoms with van der Waals surface area (Å²) in [5.74, 6) is 5.00. The lowest BCUT2D eigenvalue weighted by Gasteiger charge is -2.45. The molecule has 30 heteroatoms. The average Bonchev–Trinajstić information content (AvgIpc) is 1.41. The van der Waals surface area contributed by atoms with Gasteiger partial charge in [0.05, 0.1) is 95.2 Å². The number of fused-ring (bicyclic) bond motifs is 16. The number of sulfone groups is 1. The predicted molar refractivity (Wildman–Crippen MR) is 502 cm³/mol. The van der Waals surface area contributed by atoms with Gasteiger partial charge in [-0.2, -0.15) is 15.3 Å².